The smallest absolute Gasteiger partial charge is 0.254 e. The molecule has 3 heteroatoms. The van der Waals surface area contributed by atoms with Gasteiger partial charge in [0, 0.05) is 17.0 Å². The van der Waals surface area contributed by atoms with Crippen LogP contribution in [-0.4, -0.2) is 17.4 Å². The van der Waals surface area contributed by atoms with E-state index in [1.165, 1.54) is 15.8 Å². The van der Waals surface area contributed by atoms with Crippen molar-refractivity contribution in [1.29, 1.82) is 0 Å². The number of carbonyl (C=O) groups is 1. The molecule has 1 aliphatic rings. The van der Waals surface area contributed by atoms with Crippen LogP contribution >= 0.6 is 11.3 Å². The Hall–Kier alpha value is -2.13. The number of carbonyl (C=O) groups excluding carboxylic acids is 1. The van der Waals surface area contributed by atoms with Crippen molar-refractivity contribution < 1.29 is 4.79 Å². The number of benzene rings is 2. The summed E-state index contributed by atoms with van der Waals surface area (Å²) in [6, 6.07) is 16.5. The lowest BCUT2D eigenvalue weighted by Crippen LogP contribution is -2.38. The molecule has 0 N–H and O–H groups in total. The Morgan fingerprint density at radius 3 is 2.82 bits per heavy atom. The van der Waals surface area contributed by atoms with Gasteiger partial charge in [0.05, 0.1) is 6.04 Å². The van der Waals surface area contributed by atoms with E-state index in [1.54, 1.807) is 11.3 Å². The SMILES string of the molecule is C[C@H]1c2ccsc2CCN1C(=O)c1ccc2ccccc2c1. The van der Waals surface area contributed by atoms with Gasteiger partial charge in [-0.3, -0.25) is 4.79 Å². The first-order chi connectivity index (χ1) is 10.7. The minimum Gasteiger partial charge on any atom is -0.331 e. The molecule has 1 amide bonds. The molecule has 0 saturated heterocycles. The molecule has 0 bridgehead atoms. The van der Waals surface area contributed by atoms with Gasteiger partial charge in [-0.2, -0.15) is 0 Å². The van der Waals surface area contributed by atoms with Gasteiger partial charge in [0.15, 0.2) is 0 Å². The quantitative estimate of drug-likeness (QED) is 0.640. The fourth-order valence-corrected chi connectivity index (χ4v) is 4.24. The third kappa shape index (κ3) is 2.13. The van der Waals surface area contributed by atoms with Gasteiger partial charge in [0.1, 0.15) is 0 Å². The third-order valence-corrected chi connectivity index (χ3v) is 5.53. The fraction of sp³-hybridized carbons (Fsp3) is 0.211. The number of nitrogens with zero attached hydrogens (tertiary/aromatic N) is 1. The van der Waals surface area contributed by atoms with Crippen LogP contribution in [0.5, 0.6) is 0 Å². The van der Waals surface area contributed by atoms with Crippen molar-refractivity contribution in [2.45, 2.75) is 19.4 Å². The van der Waals surface area contributed by atoms with Crippen molar-refractivity contribution in [2.24, 2.45) is 0 Å². The number of rotatable bonds is 1. The second-order valence-electron chi connectivity index (χ2n) is 5.79. The normalized spacial score (nSPS) is 17.5. The molecule has 2 nitrogen and oxygen atoms in total. The van der Waals surface area contributed by atoms with Crippen LogP contribution in [0.1, 0.15) is 33.8 Å². The highest BCUT2D eigenvalue weighted by atomic mass is 32.1. The highest BCUT2D eigenvalue weighted by Gasteiger charge is 2.28. The molecular formula is C19H17NOS. The molecule has 0 fully saturated rings. The lowest BCUT2D eigenvalue weighted by molar-refractivity contribution is 0.0679. The minimum absolute atomic E-state index is 0.134. The zero-order valence-electron chi connectivity index (χ0n) is 12.5. The summed E-state index contributed by atoms with van der Waals surface area (Å²) in [7, 11) is 0. The van der Waals surface area contributed by atoms with Gasteiger partial charge in [0.25, 0.3) is 5.91 Å². The molecule has 2 aromatic carbocycles. The van der Waals surface area contributed by atoms with E-state index in [1.807, 2.05) is 35.2 Å². The lowest BCUT2D eigenvalue weighted by Gasteiger charge is -2.33. The van der Waals surface area contributed by atoms with Crippen LogP contribution in [0.4, 0.5) is 0 Å². The maximum Gasteiger partial charge on any atom is 0.254 e. The van der Waals surface area contributed by atoms with Gasteiger partial charge < -0.3 is 4.90 Å². The molecule has 0 radical (unpaired) electrons. The number of amides is 1. The van der Waals surface area contributed by atoms with E-state index in [9.17, 15) is 4.79 Å². The molecular weight excluding hydrogens is 290 g/mol. The molecule has 1 atom stereocenters. The summed E-state index contributed by atoms with van der Waals surface area (Å²) in [6.07, 6.45) is 0.969. The average molecular weight is 307 g/mol. The first-order valence-corrected chi connectivity index (χ1v) is 8.48. The van der Waals surface area contributed by atoms with Gasteiger partial charge in [-0.1, -0.05) is 30.3 Å². The van der Waals surface area contributed by atoms with Gasteiger partial charge >= 0.3 is 0 Å². The summed E-state index contributed by atoms with van der Waals surface area (Å²) in [5.74, 6) is 0.134. The van der Waals surface area contributed by atoms with E-state index < -0.39 is 0 Å². The Morgan fingerprint density at radius 2 is 1.95 bits per heavy atom. The largest absolute Gasteiger partial charge is 0.331 e. The Labute approximate surface area is 134 Å². The van der Waals surface area contributed by atoms with E-state index in [0.29, 0.717) is 0 Å². The van der Waals surface area contributed by atoms with Crippen LogP contribution in [0, 0.1) is 0 Å². The van der Waals surface area contributed by atoms with E-state index in [2.05, 4.69) is 30.5 Å². The number of fused-ring (bicyclic) bond motifs is 2. The molecule has 0 spiro atoms. The van der Waals surface area contributed by atoms with Crippen molar-refractivity contribution in [2.75, 3.05) is 6.54 Å². The highest BCUT2D eigenvalue weighted by Crippen LogP contribution is 2.33. The van der Waals surface area contributed by atoms with Crippen LogP contribution in [0.2, 0.25) is 0 Å². The monoisotopic (exact) mass is 307 g/mol. The maximum absolute atomic E-state index is 12.9. The van der Waals surface area contributed by atoms with Gasteiger partial charge in [-0.25, -0.2) is 0 Å². The molecule has 3 aromatic rings. The summed E-state index contributed by atoms with van der Waals surface area (Å²) in [5, 5.41) is 4.42. The highest BCUT2D eigenvalue weighted by molar-refractivity contribution is 7.10. The minimum atomic E-state index is 0.134. The first-order valence-electron chi connectivity index (χ1n) is 7.60. The summed E-state index contributed by atoms with van der Waals surface area (Å²) in [5.41, 5.74) is 2.09. The molecule has 2 heterocycles. The van der Waals surface area contributed by atoms with E-state index in [-0.39, 0.29) is 11.9 Å². The fourth-order valence-electron chi connectivity index (χ4n) is 3.28. The van der Waals surface area contributed by atoms with Crippen LogP contribution in [0.25, 0.3) is 10.8 Å². The Kier molecular flexibility index (Phi) is 3.23. The second kappa shape index (κ2) is 5.25. The van der Waals surface area contributed by atoms with E-state index in [4.69, 9.17) is 0 Å². The molecule has 0 saturated carbocycles. The predicted octanol–water partition coefficient (Wildman–Crippen LogP) is 4.66. The molecule has 110 valence electrons. The summed E-state index contributed by atoms with van der Waals surface area (Å²) in [4.78, 5) is 16.3. The van der Waals surface area contributed by atoms with Crippen molar-refractivity contribution in [3.05, 3.63) is 69.9 Å². The molecule has 1 aromatic heterocycles. The van der Waals surface area contributed by atoms with Crippen molar-refractivity contribution >= 4 is 28.0 Å². The van der Waals surface area contributed by atoms with Crippen molar-refractivity contribution in [3.8, 4) is 0 Å². The van der Waals surface area contributed by atoms with Gasteiger partial charge in [-0.15, -0.1) is 11.3 Å². The Morgan fingerprint density at radius 1 is 1.14 bits per heavy atom. The Bertz CT molecular complexity index is 851. The standard InChI is InChI=1S/C19H17NOS/c1-13-17-9-11-22-18(17)8-10-20(13)19(21)16-7-6-14-4-2-3-5-15(14)12-16/h2-7,9,11-13H,8,10H2,1H3/t13-/m0/s1. The van der Waals surface area contributed by atoms with E-state index in [0.717, 1.165) is 23.9 Å². The zero-order valence-corrected chi connectivity index (χ0v) is 13.3. The molecule has 0 unspecified atom stereocenters. The summed E-state index contributed by atoms with van der Waals surface area (Å²) in [6.45, 7) is 2.93. The number of hydrogen-bond donors (Lipinski definition) is 0. The van der Waals surface area contributed by atoms with E-state index >= 15 is 0 Å². The molecule has 4 rings (SSSR count). The first kappa shape index (κ1) is 13.5. The zero-order chi connectivity index (χ0) is 15.1. The van der Waals surface area contributed by atoms with Crippen molar-refractivity contribution in [1.82, 2.24) is 4.90 Å². The summed E-state index contributed by atoms with van der Waals surface area (Å²) >= 11 is 1.80. The molecule has 1 aliphatic heterocycles. The number of hydrogen-bond acceptors (Lipinski definition) is 2. The number of thiophene rings is 1. The molecule has 0 aliphatic carbocycles. The molecule has 22 heavy (non-hydrogen) atoms. The van der Waals surface area contributed by atoms with Crippen molar-refractivity contribution in [3.63, 3.8) is 0 Å². The topological polar surface area (TPSA) is 20.3 Å². The van der Waals surface area contributed by atoms with Crippen LogP contribution in [0.3, 0.4) is 0 Å². The maximum atomic E-state index is 12.9. The van der Waals surface area contributed by atoms with Crippen LogP contribution in [0.15, 0.2) is 53.9 Å². The van der Waals surface area contributed by atoms with Crippen LogP contribution < -0.4 is 0 Å². The predicted molar refractivity (Wildman–Crippen MR) is 91.4 cm³/mol. The third-order valence-electron chi connectivity index (χ3n) is 4.53. The van der Waals surface area contributed by atoms with Crippen LogP contribution in [-0.2, 0) is 6.42 Å². The Balaban J connectivity index is 1.68. The van der Waals surface area contributed by atoms with Gasteiger partial charge in [-0.05, 0) is 53.3 Å². The van der Waals surface area contributed by atoms with Gasteiger partial charge in [0.2, 0.25) is 0 Å². The summed E-state index contributed by atoms with van der Waals surface area (Å²) < 4.78 is 0. The lowest BCUT2D eigenvalue weighted by atomic mass is 9.99. The average Bonchev–Trinajstić information content (AvgIpc) is 3.04. The second-order valence-corrected chi connectivity index (χ2v) is 6.79.